The molecule has 0 saturated carbocycles. The Morgan fingerprint density at radius 2 is 2.11 bits per heavy atom. The molecule has 0 bridgehead atoms. The van der Waals surface area contributed by atoms with E-state index in [2.05, 4.69) is 14.6 Å². The van der Waals surface area contributed by atoms with Gasteiger partial charge in [-0.05, 0) is 19.9 Å². The Hall–Kier alpha value is -1.62. The summed E-state index contributed by atoms with van der Waals surface area (Å²) >= 11 is 0. The normalized spacial score (nSPS) is 12.0. The molecule has 2 aromatic rings. The number of aromatic nitrogens is 4. The standard InChI is InChI=1S/C13H21N5/c1-13(2,14)8-12-9-15-10-18(12)7-5-11-4-6-16-17(11)3/h4,6,9-10H,5,7-8,14H2,1-3H3. The molecule has 0 fully saturated rings. The topological polar surface area (TPSA) is 61.7 Å². The molecule has 5 nitrogen and oxygen atoms in total. The van der Waals surface area contributed by atoms with E-state index in [0.717, 1.165) is 19.4 Å². The SMILES string of the molecule is Cn1nccc1CCn1cncc1CC(C)(C)N. The predicted molar refractivity (Wildman–Crippen MR) is 71.1 cm³/mol. The van der Waals surface area contributed by atoms with E-state index < -0.39 is 0 Å². The minimum Gasteiger partial charge on any atom is -0.334 e. The maximum atomic E-state index is 6.06. The maximum Gasteiger partial charge on any atom is 0.0948 e. The van der Waals surface area contributed by atoms with Crippen LogP contribution in [0.15, 0.2) is 24.8 Å². The summed E-state index contributed by atoms with van der Waals surface area (Å²) in [5.74, 6) is 0. The largest absolute Gasteiger partial charge is 0.334 e. The summed E-state index contributed by atoms with van der Waals surface area (Å²) in [5.41, 5.74) is 8.26. The quantitative estimate of drug-likeness (QED) is 0.862. The van der Waals surface area contributed by atoms with Crippen LogP contribution in [0, 0.1) is 0 Å². The minimum atomic E-state index is -0.204. The number of imidazole rings is 1. The first-order valence-electron chi connectivity index (χ1n) is 6.20. The molecule has 5 heteroatoms. The second-order valence-corrected chi connectivity index (χ2v) is 5.44. The van der Waals surface area contributed by atoms with E-state index in [1.807, 2.05) is 50.4 Å². The van der Waals surface area contributed by atoms with Crippen molar-refractivity contribution in [1.82, 2.24) is 19.3 Å². The van der Waals surface area contributed by atoms with Gasteiger partial charge in [-0.25, -0.2) is 4.98 Å². The van der Waals surface area contributed by atoms with Crippen molar-refractivity contribution in [3.8, 4) is 0 Å². The van der Waals surface area contributed by atoms with Gasteiger partial charge in [0.25, 0.3) is 0 Å². The molecule has 0 aliphatic heterocycles. The van der Waals surface area contributed by atoms with E-state index in [9.17, 15) is 0 Å². The van der Waals surface area contributed by atoms with Crippen LogP contribution in [0.2, 0.25) is 0 Å². The Kier molecular flexibility index (Phi) is 3.52. The molecule has 98 valence electrons. The van der Waals surface area contributed by atoms with Crippen molar-refractivity contribution in [1.29, 1.82) is 0 Å². The molecule has 0 spiro atoms. The third-order valence-electron chi connectivity index (χ3n) is 2.97. The Bertz CT molecular complexity index is 503. The smallest absolute Gasteiger partial charge is 0.0948 e. The molecule has 0 atom stereocenters. The first-order chi connectivity index (χ1) is 8.46. The molecule has 0 aromatic carbocycles. The van der Waals surface area contributed by atoms with Gasteiger partial charge < -0.3 is 10.3 Å². The van der Waals surface area contributed by atoms with Crippen molar-refractivity contribution >= 4 is 0 Å². The molecule has 2 rings (SSSR count). The average molecular weight is 247 g/mol. The molecule has 18 heavy (non-hydrogen) atoms. The van der Waals surface area contributed by atoms with Crippen molar-refractivity contribution < 1.29 is 0 Å². The molecule has 0 unspecified atom stereocenters. The van der Waals surface area contributed by atoms with Crippen LogP contribution in [-0.2, 0) is 26.4 Å². The third-order valence-corrected chi connectivity index (χ3v) is 2.97. The van der Waals surface area contributed by atoms with E-state index in [0.29, 0.717) is 0 Å². The zero-order chi connectivity index (χ0) is 13.2. The van der Waals surface area contributed by atoms with Crippen molar-refractivity contribution in [3.05, 3.63) is 36.2 Å². The molecular formula is C13H21N5. The first-order valence-corrected chi connectivity index (χ1v) is 6.20. The van der Waals surface area contributed by atoms with Crippen LogP contribution in [0.4, 0.5) is 0 Å². The van der Waals surface area contributed by atoms with Crippen LogP contribution >= 0.6 is 0 Å². The predicted octanol–water partition coefficient (Wildman–Crippen LogP) is 1.14. The molecular weight excluding hydrogens is 226 g/mol. The fraction of sp³-hybridized carbons (Fsp3) is 0.538. The molecule has 0 radical (unpaired) electrons. The Labute approximate surface area is 108 Å². The van der Waals surface area contributed by atoms with Gasteiger partial charge in [-0.2, -0.15) is 5.10 Å². The van der Waals surface area contributed by atoms with Crippen molar-refractivity contribution in [2.75, 3.05) is 0 Å². The van der Waals surface area contributed by atoms with Gasteiger partial charge >= 0.3 is 0 Å². The van der Waals surface area contributed by atoms with E-state index in [1.54, 1.807) is 0 Å². The van der Waals surface area contributed by atoms with E-state index in [-0.39, 0.29) is 5.54 Å². The van der Waals surface area contributed by atoms with E-state index >= 15 is 0 Å². The summed E-state index contributed by atoms with van der Waals surface area (Å²) in [6, 6.07) is 2.05. The number of hydrogen-bond acceptors (Lipinski definition) is 3. The van der Waals surface area contributed by atoms with Crippen molar-refractivity contribution in [2.24, 2.45) is 12.8 Å². The first kappa shape index (κ1) is 12.8. The lowest BCUT2D eigenvalue weighted by molar-refractivity contribution is 0.491. The molecule has 0 amide bonds. The fourth-order valence-electron chi connectivity index (χ4n) is 2.05. The highest BCUT2D eigenvalue weighted by atomic mass is 15.3. The number of rotatable bonds is 5. The minimum absolute atomic E-state index is 0.204. The lowest BCUT2D eigenvalue weighted by atomic mass is 10.0. The van der Waals surface area contributed by atoms with Gasteiger partial charge in [-0.1, -0.05) is 0 Å². The molecule has 2 aromatic heterocycles. The van der Waals surface area contributed by atoms with Crippen LogP contribution in [0.25, 0.3) is 0 Å². The zero-order valence-corrected chi connectivity index (χ0v) is 11.3. The van der Waals surface area contributed by atoms with Crippen LogP contribution < -0.4 is 5.73 Å². The van der Waals surface area contributed by atoms with Gasteiger partial charge in [0.05, 0.1) is 6.33 Å². The highest BCUT2D eigenvalue weighted by Crippen LogP contribution is 2.10. The Balaban J connectivity index is 2.02. The van der Waals surface area contributed by atoms with E-state index in [4.69, 9.17) is 5.73 Å². The van der Waals surface area contributed by atoms with Crippen LogP contribution in [0.3, 0.4) is 0 Å². The Morgan fingerprint density at radius 3 is 2.72 bits per heavy atom. The second-order valence-electron chi connectivity index (χ2n) is 5.44. The number of aryl methyl sites for hydroxylation is 3. The zero-order valence-electron chi connectivity index (χ0n) is 11.3. The average Bonchev–Trinajstić information content (AvgIpc) is 2.83. The highest BCUT2D eigenvalue weighted by Gasteiger charge is 2.14. The number of nitrogens with two attached hydrogens (primary N) is 1. The number of nitrogens with zero attached hydrogens (tertiary/aromatic N) is 4. The fourth-order valence-corrected chi connectivity index (χ4v) is 2.05. The van der Waals surface area contributed by atoms with Gasteiger partial charge in [0.15, 0.2) is 0 Å². The van der Waals surface area contributed by atoms with Crippen LogP contribution in [-0.4, -0.2) is 24.9 Å². The summed E-state index contributed by atoms with van der Waals surface area (Å²) in [6.45, 7) is 4.97. The molecule has 2 heterocycles. The summed E-state index contributed by atoms with van der Waals surface area (Å²) in [5, 5.41) is 4.17. The van der Waals surface area contributed by atoms with Gasteiger partial charge in [0.2, 0.25) is 0 Å². The van der Waals surface area contributed by atoms with Gasteiger partial charge in [-0.3, -0.25) is 4.68 Å². The summed E-state index contributed by atoms with van der Waals surface area (Å²) in [6.07, 6.45) is 7.38. The molecule has 0 aliphatic rings. The van der Waals surface area contributed by atoms with Crippen LogP contribution in [0.5, 0.6) is 0 Å². The monoisotopic (exact) mass is 247 g/mol. The summed E-state index contributed by atoms with van der Waals surface area (Å²) in [7, 11) is 1.97. The van der Waals surface area contributed by atoms with Crippen molar-refractivity contribution in [3.63, 3.8) is 0 Å². The third kappa shape index (κ3) is 3.20. The maximum absolute atomic E-state index is 6.06. The lowest BCUT2D eigenvalue weighted by Crippen LogP contribution is -2.35. The van der Waals surface area contributed by atoms with E-state index in [1.165, 1.54) is 11.4 Å². The second kappa shape index (κ2) is 4.94. The number of hydrogen-bond donors (Lipinski definition) is 1. The van der Waals surface area contributed by atoms with Crippen LogP contribution in [0.1, 0.15) is 25.2 Å². The summed E-state index contributed by atoms with van der Waals surface area (Å²) < 4.78 is 4.07. The van der Waals surface area contributed by atoms with Crippen molar-refractivity contribution in [2.45, 2.75) is 38.8 Å². The van der Waals surface area contributed by atoms with Gasteiger partial charge in [0.1, 0.15) is 0 Å². The molecule has 0 saturated heterocycles. The van der Waals surface area contributed by atoms with Gasteiger partial charge in [-0.15, -0.1) is 0 Å². The Morgan fingerprint density at radius 1 is 1.33 bits per heavy atom. The summed E-state index contributed by atoms with van der Waals surface area (Å²) in [4.78, 5) is 4.21. The highest BCUT2D eigenvalue weighted by molar-refractivity contribution is 5.05. The lowest BCUT2D eigenvalue weighted by Gasteiger charge is -2.19. The molecule has 2 N–H and O–H groups in total. The van der Waals surface area contributed by atoms with Gasteiger partial charge in [0, 0.05) is 55.8 Å². The molecule has 0 aliphatic carbocycles.